The molecule has 2 fully saturated rings. The van der Waals surface area contributed by atoms with E-state index in [-0.39, 0.29) is 18.0 Å². The molecule has 1 unspecified atom stereocenters. The van der Waals surface area contributed by atoms with E-state index in [0.29, 0.717) is 0 Å². The number of rotatable bonds is 2. The fraction of sp³-hybridized carbons (Fsp3) is 0.769. The molecule has 0 spiro atoms. The van der Waals surface area contributed by atoms with Crippen LogP contribution in [0.2, 0.25) is 0 Å². The summed E-state index contributed by atoms with van der Waals surface area (Å²) >= 11 is 0. The second-order valence-corrected chi connectivity index (χ2v) is 5.35. The van der Waals surface area contributed by atoms with E-state index in [9.17, 15) is 4.79 Å². The van der Waals surface area contributed by atoms with E-state index < -0.39 is 0 Å². The van der Waals surface area contributed by atoms with Gasteiger partial charge in [-0.15, -0.1) is 0 Å². The summed E-state index contributed by atoms with van der Waals surface area (Å²) in [7, 11) is 0. The van der Waals surface area contributed by atoms with Crippen LogP contribution < -0.4 is 5.32 Å². The van der Waals surface area contributed by atoms with Crippen LogP contribution >= 0.6 is 0 Å². The number of hydrogen-bond acceptors (Lipinski definition) is 3. The first-order valence-corrected chi connectivity index (χ1v) is 6.39. The molecule has 1 heterocycles. The molecule has 3 aliphatic rings. The van der Waals surface area contributed by atoms with Crippen molar-refractivity contribution in [2.24, 2.45) is 17.8 Å². The standard InChI is InChI=1S/C13H19NO2/c15-13(16-12-3-1-2-4-12)9-5-10-7-14-8-11(10)6-9/h1-2,9-12,14H,3-8H2/t9?,10-,11+. The second-order valence-electron chi connectivity index (χ2n) is 5.35. The monoisotopic (exact) mass is 221 g/mol. The van der Waals surface area contributed by atoms with E-state index in [1.165, 1.54) is 0 Å². The Morgan fingerprint density at radius 1 is 1.12 bits per heavy atom. The maximum atomic E-state index is 12.0. The highest BCUT2D eigenvalue weighted by atomic mass is 16.5. The van der Waals surface area contributed by atoms with Crippen LogP contribution in [-0.2, 0) is 9.53 Å². The summed E-state index contributed by atoms with van der Waals surface area (Å²) in [5, 5.41) is 3.39. The van der Waals surface area contributed by atoms with Gasteiger partial charge in [-0.1, -0.05) is 12.2 Å². The van der Waals surface area contributed by atoms with Crippen molar-refractivity contribution in [3.05, 3.63) is 12.2 Å². The topological polar surface area (TPSA) is 38.3 Å². The highest BCUT2D eigenvalue weighted by molar-refractivity contribution is 5.73. The third kappa shape index (κ3) is 1.88. The van der Waals surface area contributed by atoms with Crippen molar-refractivity contribution in [1.82, 2.24) is 5.32 Å². The molecule has 3 atom stereocenters. The van der Waals surface area contributed by atoms with Gasteiger partial charge in [0.05, 0.1) is 5.92 Å². The van der Waals surface area contributed by atoms with Gasteiger partial charge in [-0.25, -0.2) is 0 Å². The first-order chi connectivity index (χ1) is 7.83. The van der Waals surface area contributed by atoms with E-state index in [1.54, 1.807) is 0 Å². The summed E-state index contributed by atoms with van der Waals surface area (Å²) in [6.45, 7) is 2.19. The van der Waals surface area contributed by atoms with Crippen molar-refractivity contribution in [1.29, 1.82) is 0 Å². The van der Waals surface area contributed by atoms with Gasteiger partial charge in [-0.05, 0) is 37.8 Å². The van der Waals surface area contributed by atoms with E-state index in [4.69, 9.17) is 4.74 Å². The Morgan fingerprint density at radius 2 is 1.75 bits per heavy atom. The molecule has 88 valence electrons. The van der Waals surface area contributed by atoms with Crippen molar-refractivity contribution in [2.75, 3.05) is 13.1 Å². The number of carbonyl (C=O) groups excluding carboxylic acids is 1. The van der Waals surface area contributed by atoms with Gasteiger partial charge in [0.25, 0.3) is 0 Å². The van der Waals surface area contributed by atoms with Gasteiger partial charge >= 0.3 is 5.97 Å². The minimum absolute atomic E-state index is 0.0584. The van der Waals surface area contributed by atoms with Crippen LogP contribution in [0.1, 0.15) is 25.7 Å². The molecule has 2 aliphatic carbocycles. The second kappa shape index (κ2) is 4.21. The molecule has 1 N–H and O–H groups in total. The molecule has 0 aromatic heterocycles. The Bertz CT molecular complexity index is 293. The Labute approximate surface area is 96.2 Å². The van der Waals surface area contributed by atoms with Crippen LogP contribution in [0.4, 0.5) is 0 Å². The molecular formula is C13H19NO2. The average molecular weight is 221 g/mol. The normalized spacial score (nSPS) is 37.9. The zero-order chi connectivity index (χ0) is 11.0. The van der Waals surface area contributed by atoms with Gasteiger partial charge in [0.2, 0.25) is 0 Å². The Balaban J connectivity index is 1.52. The maximum Gasteiger partial charge on any atom is 0.309 e. The fourth-order valence-corrected chi connectivity index (χ4v) is 3.31. The van der Waals surface area contributed by atoms with Gasteiger partial charge in [0, 0.05) is 12.8 Å². The molecule has 3 heteroatoms. The minimum Gasteiger partial charge on any atom is -0.461 e. The van der Waals surface area contributed by atoms with E-state index in [2.05, 4.69) is 17.5 Å². The van der Waals surface area contributed by atoms with Crippen molar-refractivity contribution in [3.63, 3.8) is 0 Å². The van der Waals surface area contributed by atoms with Crippen molar-refractivity contribution < 1.29 is 9.53 Å². The number of hydrogen-bond donors (Lipinski definition) is 1. The molecule has 0 amide bonds. The van der Waals surface area contributed by atoms with Gasteiger partial charge in [0.1, 0.15) is 6.10 Å². The van der Waals surface area contributed by atoms with Crippen molar-refractivity contribution in [3.8, 4) is 0 Å². The van der Waals surface area contributed by atoms with E-state index in [1.807, 2.05) is 0 Å². The molecule has 0 aromatic rings. The van der Waals surface area contributed by atoms with Gasteiger partial charge < -0.3 is 10.1 Å². The summed E-state index contributed by atoms with van der Waals surface area (Å²) in [6, 6.07) is 0. The van der Waals surface area contributed by atoms with E-state index >= 15 is 0 Å². The summed E-state index contributed by atoms with van der Waals surface area (Å²) in [4.78, 5) is 12.0. The molecular weight excluding hydrogens is 202 g/mol. The highest BCUT2D eigenvalue weighted by Gasteiger charge is 2.41. The van der Waals surface area contributed by atoms with Crippen LogP contribution in [0.5, 0.6) is 0 Å². The molecule has 3 nitrogen and oxygen atoms in total. The molecule has 0 bridgehead atoms. The molecule has 16 heavy (non-hydrogen) atoms. The number of ether oxygens (including phenoxy) is 1. The van der Waals surface area contributed by atoms with Crippen LogP contribution in [0.3, 0.4) is 0 Å². The fourth-order valence-electron chi connectivity index (χ4n) is 3.31. The Kier molecular flexibility index (Phi) is 2.72. The third-order valence-electron chi connectivity index (χ3n) is 4.24. The third-order valence-corrected chi connectivity index (χ3v) is 4.24. The number of nitrogens with one attached hydrogen (secondary N) is 1. The molecule has 1 aliphatic heterocycles. The SMILES string of the molecule is O=C(OC1CC=CC1)C1C[C@H]2CNC[C@H]2C1. The van der Waals surface area contributed by atoms with Crippen LogP contribution in [-0.4, -0.2) is 25.2 Å². The van der Waals surface area contributed by atoms with Crippen LogP contribution in [0, 0.1) is 17.8 Å². The van der Waals surface area contributed by atoms with Crippen LogP contribution in [0.15, 0.2) is 12.2 Å². The minimum atomic E-state index is 0.0584. The lowest BCUT2D eigenvalue weighted by Gasteiger charge is -2.15. The number of fused-ring (bicyclic) bond motifs is 1. The Hall–Kier alpha value is -0.830. The average Bonchev–Trinajstić information content (AvgIpc) is 2.91. The molecule has 1 saturated carbocycles. The summed E-state index contributed by atoms with van der Waals surface area (Å²) in [5.41, 5.74) is 0. The van der Waals surface area contributed by atoms with E-state index in [0.717, 1.165) is 50.6 Å². The lowest BCUT2D eigenvalue weighted by atomic mass is 10.0. The number of carbonyl (C=O) groups is 1. The molecule has 0 aromatic carbocycles. The van der Waals surface area contributed by atoms with Gasteiger partial charge in [0.15, 0.2) is 0 Å². The number of esters is 1. The first-order valence-electron chi connectivity index (χ1n) is 6.39. The zero-order valence-electron chi connectivity index (χ0n) is 9.52. The summed E-state index contributed by atoms with van der Waals surface area (Å²) < 4.78 is 5.54. The smallest absolute Gasteiger partial charge is 0.309 e. The van der Waals surface area contributed by atoms with Crippen LogP contribution in [0.25, 0.3) is 0 Å². The highest BCUT2D eigenvalue weighted by Crippen LogP contribution is 2.39. The predicted molar refractivity (Wildman–Crippen MR) is 60.8 cm³/mol. The lowest BCUT2D eigenvalue weighted by Crippen LogP contribution is -2.23. The van der Waals surface area contributed by atoms with Gasteiger partial charge in [-0.3, -0.25) is 4.79 Å². The zero-order valence-corrected chi connectivity index (χ0v) is 9.52. The summed E-state index contributed by atoms with van der Waals surface area (Å²) in [5.74, 6) is 1.68. The largest absolute Gasteiger partial charge is 0.461 e. The predicted octanol–water partition coefficient (Wildman–Crippen LogP) is 1.49. The van der Waals surface area contributed by atoms with Gasteiger partial charge in [-0.2, -0.15) is 0 Å². The quantitative estimate of drug-likeness (QED) is 0.567. The Morgan fingerprint density at radius 3 is 2.38 bits per heavy atom. The lowest BCUT2D eigenvalue weighted by molar-refractivity contribution is -0.153. The first kappa shape index (κ1) is 10.3. The maximum absolute atomic E-state index is 12.0. The molecule has 1 saturated heterocycles. The van der Waals surface area contributed by atoms with Crippen molar-refractivity contribution >= 4 is 5.97 Å². The van der Waals surface area contributed by atoms with Crippen molar-refractivity contribution in [2.45, 2.75) is 31.8 Å². The molecule has 3 rings (SSSR count). The molecule has 0 radical (unpaired) electrons. The summed E-state index contributed by atoms with van der Waals surface area (Å²) in [6.07, 6.45) is 8.23.